The average Bonchev–Trinajstić information content (AvgIpc) is 2.34. The second-order valence-electron chi connectivity index (χ2n) is 3.60. The SMILES string of the molecule is C=C(CC)COc1cccc([N+](=O)[O-])c1C(=O)O. The fourth-order valence-electron chi connectivity index (χ4n) is 1.29. The number of ether oxygens (including phenoxy) is 1. The van der Waals surface area contributed by atoms with Gasteiger partial charge in [0.1, 0.15) is 12.4 Å². The highest BCUT2D eigenvalue weighted by Gasteiger charge is 2.24. The maximum Gasteiger partial charge on any atom is 0.346 e. The lowest BCUT2D eigenvalue weighted by Crippen LogP contribution is -2.08. The van der Waals surface area contributed by atoms with Crippen LogP contribution in [-0.2, 0) is 0 Å². The number of carboxylic acid groups (broad SMARTS) is 1. The van der Waals surface area contributed by atoms with Crippen molar-refractivity contribution >= 4 is 11.7 Å². The zero-order valence-electron chi connectivity index (χ0n) is 9.88. The van der Waals surface area contributed by atoms with E-state index in [0.29, 0.717) is 6.42 Å². The molecule has 0 radical (unpaired) electrons. The van der Waals surface area contributed by atoms with Gasteiger partial charge in [0.05, 0.1) is 4.92 Å². The van der Waals surface area contributed by atoms with Crippen LogP contribution in [0.15, 0.2) is 30.4 Å². The zero-order chi connectivity index (χ0) is 13.7. The smallest absolute Gasteiger partial charge is 0.346 e. The predicted molar refractivity (Wildman–Crippen MR) is 65.0 cm³/mol. The van der Waals surface area contributed by atoms with Crippen molar-refractivity contribution in [2.75, 3.05) is 6.61 Å². The van der Waals surface area contributed by atoms with Crippen LogP contribution in [-0.4, -0.2) is 22.6 Å². The van der Waals surface area contributed by atoms with E-state index in [0.717, 1.165) is 11.6 Å². The molecule has 0 heterocycles. The van der Waals surface area contributed by atoms with Gasteiger partial charge in [-0.1, -0.05) is 19.6 Å². The molecule has 0 fully saturated rings. The molecule has 0 amide bonds. The number of carbonyl (C=O) groups is 1. The monoisotopic (exact) mass is 251 g/mol. The highest BCUT2D eigenvalue weighted by Crippen LogP contribution is 2.28. The number of benzene rings is 1. The molecule has 0 spiro atoms. The molecule has 0 aliphatic heterocycles. The van der Waals surface area contributed by atoms with Crippen LogP contribution in [0.25, 0.3) is 0 Å². The summed E-state index contributed by atoms with van der Waals surface area (Å²) in [5.74, 6) is -1.41. The first-order valence-electron chi connectivity index (χ1n) is 5.27. The molecule has 0 aliphatic rings. The summed E-state index contributed by atoms with van der Waals surface area (Å²) in [6.45, 7) is 5.74. The van der Waals surface area contributed by atoms with Gasteiger partial charge in [0.15, 0.2) is 5.56 Å². The van der Waals surface area contributed by atoms with Crippen molar-refractivity contribution < 1.29 is 19.6 Å². The van der Waals surface area contributed by atoms with E-state index in [1.807, 2.05) is 6.92 Å². The summed E-state index contributed by atoms with van der Waals surface area (Å²) in [6, 6.07) is 3.90. The fourth-order valence-corrected chi connectivity index (χ4v) is 1.29. The van der Waals surface area contributed by atoms with Gasteiger partial charge in [0, 0.05) is 6.07 Å². The van der Waals surface area contributed by atoms with Crippen molar-refractivity contribution in [2.24, 2.45) is 0 Å². The Kier molecular flexibility index (Phi) is 4.42. The molecule has 1 N–H and O–H groups in total. The van der Waals surface area contributed by atoms with Crippen LogP contribution >= 0.6 is 0 Å². The molecule has 18 heavy (non-hydrogen) atoms. The van der Waals surface area contributed by atoms with Crippen LogP contribution in [0.4, 0.5) is 5.69 Å². The van der Waals surface area contributed by atoms with E-state index in [2.05, 4.69) is 6.58 Å². The van der Waals surface area contributed by atoms with E-state index < -0.39 is 22.1 Å². The topological polar surface area (TPSA) is 89.7 Å². The molecule has 96 valence electrons. The molecule has 1 rings (SSSR count). The van der Waals surface area contributed by atoms with Crippen molar-refractivity contribution in [3.8, 4) is 5.75 Å². The van der Waals surface area contributed by atoms with Gasteiger partial charge in [-0.05, 0) is 18.1 Å². The molecule has 1 aromatic rings. The van der Waals surface area contributed by atoms with E-state index in [-0.39, 0.29) is 12.4 Å². The van der Waals surface area contributed by atoms with E-state index in [9.17, 15) is 14.9 Å². The molecular weight excluding hydrogens is 238 g/mol. The zero-order valence-corrected chi connectivity index (χ0v) is 9.88. The maximum absolute atomic E-state index is 11.1. The third kappa shape index (κ3) is 3.07. The minimum Gasteiger partial charge on any atom is -0.488 e. The highest BCUT2D eigenvalue weighted by molar-refractivity contribution is 5.95. The highest BCUT2D eigenvalue weighted by atomic mass is 16.6. The number of rotatable bonds is 6. The maximum atomic E-state index is 11.1. The summed E-state index contributed by atoms with van der Waals surface area (Å²) < 4.78 is 5.26. The van der Waals surface area contributed by atoms with Crippen LogP contribution in [0.1, 0.15) is 23.7 Å². The van der Waals surface area contributed by atoms with Gasteiger partial charge >= 0.3 is 5.97 Å². The summed E-state index contributed by atoms with van der Waals surface area (Å²) >= 11 is 0. The molecule has 6 nitrogen and oxygen atoms in total. The first-order chi connectivity index (χ1) is 8.47. The van der Waals surface area contributed by atoms with E-state index >= 15 is 0 Å². The van der Waals surface area contributed by atoms with Crippen molar-refractivity contribution in [3.63, 3.8) is 0 Å². The standard InChI is InChI=1S/C12H13NO5/c1-3-8(2)7-18-10-6-4-5-9(13(16)17)11(10)12(14)15/h4-6H,2-3,7H2,1H3,(H,14,15). The molecule has 0 aromatic heterocycles. The lowest BCUT2D eigenvalue weighted by atomic mass is 10.1. The molecule has 0 saturated heterocycles. The van der Waals surface area contributed by atoms with Gasteiger partial charge in [-0.2, -0.15) is 0 Å². The first-order valence-corrected chi connectivity index (χ1v) is 5.27. The van der Waals surface area contributed by atoms with Crippen molar-refractivity contribution in [1.82, 2.24) is 0 Å². The molecule has 0 unspecified atom stereocenters. The second-order valence-corrected chi connectivity index (χ2v) is 3.60. The number of nitro groups is 1. The summed E-state index contributed by atoms with van der Waals surface area (Å²) in [4.78, 5) is 21.1. The van der Waals surface area contributed by atoms with Gasteiger partial charge < -0.3 is 9.84 Å². The van der Waals surface area contributed by atoms with Gasteiger partial charge in [-0.3, -0.25) is 10.1 Å². The summed E-state index contributed by atoms with van der Waals surface area (Å²) in [5.41, 5.74) is -0.147. The Morgan fingerprint density at radius 2 is 2.22 bits per heavy atom. The molecule has 1 aromatic carbocycles. The van der Waals surface area contributed by atoms with Crippen LogP contribution < -0.4 is 4.74 Å². The Balaban J connectivity index is 3.11. The Morgan fingerprint density at radius 3 is 2.72 bits per heavy atom. The van der Waals surface area contributed by atoms with E-state index in [1.165, 1.54) is 12.1 Å². The quantitative estimate of drug-likeness (QED) is 0.477. The summed E-state index contributed by atoms with van der Waals surface area (Å²) in [7, 11) is 0. The Bertz CT molecular complexity index is 495. The van der Waals surface area contributed by atoms with Gasteiger partial charge in [0.2, 0.25) is 0 Å². The molecule has 6 heteroatoms. The van der Waals surface area contributed by atoms with Crippen molar-refractivity contribution in [1.29, 1.82) is 0 Å². The van der Waals surface area contributed by atoms with Gasteiger partial charge in [-0.25, -0.2) is 4.79 Å². The molecular formula is C12H13NO5. The largest absolute Gasteiger partial charge is 0.488 e. The minimum absolute atomic E-state index is 0.0219. The van der Waals surface area contributed by atoms with Crippen molar-refractivity contribution in [3.05, 3.63) is 46.0 Å². The van der Waals surface area contributed by atoms with Crippen molar-refractivity contribution in [2.45, 2.75) is 13.3 Å². The Morgan fingerprint density at radius 1 is 1.56 bits per heavy atom. The molecule has 0 saturated carbocycles. The molecule has 0 aliphatic carbocycles. The lowest BCUT2D eigenvalue weighted by Gasteiger charge is -2.09. The van der Waals surface area contributed by atoms with Crippen LogP contribution in [0, 0.1) is 10.1 Å². The summed E-state index contributed by atoms with van der Waals surface area (Å²) in [5, 5.41) is 19.8. The predicted octanol–water partition coefficient (Wildman–Crippen LogP) is 2.64. The number of carboxylic acids is 1. The third-order valence-corrected chi connectivity index (χ3v) is 2.35. The number of hydrogen-bond donors (Lipinski definition) is 1. The number of nitro benzene ring substituents is 1. The first kappa shape index (κ1) is 13.7. The number of nitrogens with zero attached hydrogens (tertiary/aromatic N) is 1. The van der Waals surface area contributed by atoms with Crippen LogP contribution in [0.5, 0.6) is 5.75 Å². The van der Waals surface area contributed by atoms with E-state index in [4.69, 9.17) is 9.84 Å². The second kappa shape index (κ2) is 5.81. The molecule has 0 atom stereocenters. The van der Waals surface area contributed by atoms with Crippen LogP contribution in [0.2, 0.25) is 0 Å². The van der Waals surface area contributed by atoms with Crippen LogP contribution in [0.3, 0.4) is 0 Å². The van der Waals surface area contributed by atoms with E-state index in [1.54, 1.807) is 0 Å². The molecule has 0 bridgehead atoms. The van der Waals surface area contributed by atoms with Gasteiger partial charge in [-0.15, -0.1) is 0 Å². The normalized spacial score (nSPS) is 9.83. The number of hydrogen-bond acceptors (Lipinski definition) is 4. The Hall–Kier alpha value is -2.37. The number of aromatic carboxylic acids is 1. The van der Waals surface area contributed by atoms with Gasteiger partial charge in [0.25, 0.3) is 5.69 Å². The minimum atomic E-state index is -1.39. The third-order valence-electron chi connectivity index (χ3n) is 2.35. The fraction of sp³-hybridized carbons (Fsp3) is 0.250. The summed E-state index contributed by atoms with van der Waals surface area (Å²) in [6.07, 6.45) is 0.692. The average molecular weight is 251 g/mol. The lowest BCUT2D eigenvalue weighted by molar-refractivity contribution is -0.385. The Labute approximate surface area is 104 Å².